The van der Waals surface area contributed by atoms with Crippen LogP contribution >= 0.6 is 23.4 Å². The van der Waals surface area contributed by atoms with Crippen molar-refractivity contribution in [2.75, 3.05) is 23.4 Å². The van der Waals surface area contributed by atoms with Gasteiger partial charge in [0.25, 0.3) is 0 Å². The van der Waals surface area contributed by atoms with E-state index < -0.39 is 36.6 Å². The van der Waals surface area contributed by atoms with Crippen LogP contribution in [0.5, 0.6) is 0 Å². The highest BCUT2D eigenvalue weighted by atomic mass is 35.5. The van der Waals surface area contributed by atoms with Crippen LogP contribution in [0.4, 0.5) is 5.82 Å². The molecule has 30 heavy (non-hydrogen) atoms. The fraction of sp³-hybridized carbons (Fsp3) is 0.529. The Bertz CT molecular complexity index is 914. The number of rotatable bonds is 10. The summed E-state index contributed by atoms with van der Waals surface area (Å²) >= 11 is 7.42. The minimum absolute atomic E-state index is 0.00859. The highest BCUT2D eigenvalue weighted by Crippen LogP contribution is 2.34. The van der Waals surface area contributed by atoms with Crippen molar-refractivity contribution >= 4 is 46.3 Å². The Morgan fingerprint density at radius 2 is 2.23 bits per heavy atom. The molecule has 164 valence electrons. The number of anilines is 1. The molecule has 2 aromatic heterocycles. The number of nitrogens with zero attached hydrogens (tertiary/aromatic N) is 4. The maximum absolute atomic E-state index is 10.8. The predicted octanol–water partition coefficient (Wildman–Crippen LogP) is 0.232. The topological polar surface area (TPSA) is 169 Å². The number of carboxylic acids is 1. The lowest BCUT2D eigenvalue weighted by molar-refractivity contribution is -0.138. The van der Waals surface area contributed by atoms with Crippen LogP contribution < -0.4 is 11.1 Å². The smallest absolute Gasteiger partial charge is 0.320 e. The largest absolute Gasteiger partial charge is 0.480 e. The number of aliphatic hydroxyl groups is 2. The van der Waals surface area contributed by atoms with E-state index in [9.17, 15) is 15.0 Å². The summed E-state index contributed by atoms with van der Waals surface area (Å²) in [6.45, 7) is 4.08. The second kappa shape index (κ2) is 9.90. The van der Waals surface area contributed by atoms with Crippen molar-refractivity contribution in [1.82, 2.24) is 19.5 Å². The third-order valence-corrected chi connectivity index (χ3v) is 5.85. The number of nitrogens with two attached hydrogens (primary N) is 1. The molecule has 5 atom stereocenters. The Kier molecular flexibility index (Phi) is 7.50. The molecule has 0 amide bonds. The summed E-state index contributed by atoms with van der Waals surface area (Å²) in [6, 6.07) is -0.934. The van der Waals surface area contributed by atoms with Crippen molar-refractivity contribution in [3.63, 3.8) is 0 Å². The van der Waals surface area contributed by atoms with Crippen LogP contribution in [0.15, 0.2) is 19.0 Å². The number of nitrogens with one attached hydrogen (secondary N) is 1. The van der Waals surface area contributed by atoms with Gasteiger partial charge in [-0.2, -0.15) is 21.7 Å². The van der Waals surface area contributed by atoms with Crippen molar-refractivity contribution in [2.24, 2.45) is 5.73 Å². The van der Waals surface area contributed by atoms with Gasteiger partial charge < -0.3 is 31.1 Å². The Labute approximate surface area is 181 Å². The molecule has 11 nitrogen and oxygen atoms in total. The van der Waals surface area contributed by atoms with E-state index in [1.54, 1.807) is 6.08 Å². The number of hydrogen-bond donors (Lipinski definition) is 5. The summed E-state index contributed by atoms with van der Waals surface area (Å²) in [6.07, 6.45) is -0.547. The molecule has 0 saturated carbocycles. The summed E-state index contributed by atoms with van der Waals surface area (Å²) < 4.78 is 7.37. The van der Waals surface area contributed by atoms with E-state index >= 15 is 0 Å². The minimum atomic E-state index is -1.22. The van der Waals surface area contributed by atoms with Gasteiger partial charge in [0, 0.05) is 12.3 Å². The number of thioether (sulfide) groups is 1. The maximum atomic E-state index is 10.8. The summed E-state index contributed by atoms with van der Waals surface area (Å²) in [5.74, 6) is 0.197. The van der Waals surface area contributed by atoms with Crippen LogP contribution in [0.3, 0.4) is 0 Å². The normalized spacial score (nSPS) is 24.8. The molecule has 6 N–H and O–H groups in total. The van der Waals surface area contributed by atoms with Gasteiger partial charge in [-0.25, -0.2) is 4.98 Å². The lowest BCUT2D eigenvalue weighted by Crippen LogP contribution is -2.33. The van der Waals surface area contributed by atoms with Crippen LogP contribution in [-0.4, -0.2) is 83.2 Å². The van der Waals surface area contributed by atoms with Crippen molar-refractivity contribution < 1.29 is 24.9 Å². The molecule has 3 rings (SSSR count). The van der Waals surface area contributed by atoms with Gasteiger partial charge in [-0.3, -0.25) is 9.36 Å². The quantitative estimate of drug-likeness (QED) is 0.187. The van der Waals surface area contributed by atoms with Gasteiger partial charge in [0.2, 0.25) is 5.28 Å². The van der Waals surface area contributed by atoms with E-state index in [1.807, 2.05) is 0 Å². The molecule has 13 heteroatoms. The van der Waals surface area contributed by atoms with Gasteiger partial charge in [0.1, 0.15) is 18.2 Å². The highest BCUT2D eigenvalue weighted by Gasteiger charge is 2.44. The second-order valence-electron chi connectivity index (χ2n) is 6.69. The van der Waals surface area contributed by atoms with Crippen molar-refractivity contribution in [3.8, 4) is 0 Å². The number of carboxylic acid groups (broad SMARTS) is 1. The molecule has 1 aliphatic rings. The van der Waals surface area contributed by atoms with Crippen LogP contribution in [0, 0.1) is 0 Å². The summed E-state index contributed by atoms with van der Waals surface area (Å²) in [5.41, 5.74) is 6.26. The van der Waals surface area contributed by atoms with E-state index in [1.165, 1.54) is 22.7 Å². The molecule has 0 radical (unpaired) electrons. The average molecular weight is 459 g/mol. The van der Waals surface area contributed by atoms with E-state index in [0.29, 0.717) is 35.0 Å². The number of carbonyl (C=O) groups is 1. The molecular weight excluding hydrogens is 436 g/mol. The average Bonchev–Trinajstić information content (AvgIpc) is 3.24. The fourth-order valence-corrected chi connectivity index (χ4v) is 4.26. The number of fused-ring (bicyclic) bond motifs is 1. The van der Waals surface area contributed by atoms with E-state index in [0.717, 1.165) is 0 Å². The van der Waals surface area contributed by atoms with Crippen LogP contribution in [0.1, 0.15) is 12.6 Å². The molecule has 1 fully saturated rings. The number of halogens is 1. The number of ether oxygens (including phenoxy) is 1. The molecule has 2 aromatic rings. The number of imidazole rings is 1. The first-order chi connectivity index (χ1) is 14.3. The molecule has 3 heterocycles. The molecule has 0 aromatic carbocycles. The number of aliphatic hydroxyl groups excluding tert-OH is 2. The lowest BCUT2D eigenvalue weighted by atomic mass is 10.1. The minimum Gasteiger partial charge on any atom is -0.480 e. The maximum Gasteiger partial charge on any atom is 0.320 e. The number of aromatic nitrogens is 4. The zero-order valence-corrected chi connectivity index (χ0v) is 17.5. The van der Waals surface area contributed by atoms with Crippen molar-refractivity contribution in [3.05, 3.63) is 24.3 Å². The molecule has 1 unspecified atom stereocenters. The van der Waals surface area contributed by atoms with Gasteiger partial charge in [-0.1, -0.05) is 6.08 Å². The first kappa shape index (κ1) is 22.7. The Hall–Kier alpha value is -1.96. The van der Waals surface area contributed by atoms with Gasteiger partial charge in [-0.05, 0) is 23.8 Å². The third kappa shape index (κ3) is 4.85. The molecule has 0 spiro atoms. The van der Waals surface area contributed by atoms with Crippen molar-refractivity contribution in [1.29, 1.82) is 0 Å². The number of hydrogen-bond acceptors (Lipinski definition) is 10. The van der Waals surface area contributed by atoms with E-state index in [4.69, 9.17) is 27.2 Å². The van der Waals surface area contributed by atoms with E-state index in [2.05, 4.69) is 26.8 Å². The van der Waals surface area contributed by atoms with Gasteiger partial charge in [0.15, 0.2) is 23.2 Å². The van der Waals surface area contributed by atoms with Gasteiger partial charge >= 0.3 is 5.97 Å². The standard InChI is InChI=1S/C17H23ClN6O5S/c1-2-4-20-13-10-14(23-17(18)22-13)24(7-21-10)15-12(26)11(25)9(29-15)6-30-5-3-8(19)16(27)28/h2,7-9,11-12,15,25-26H,1,3-6,19H2,(H,27,28)(H,20,22,23)/t8?,9-,11-,12-,15-/m1/s1. The first-order valence-electron chi connectivity index (χ1n) is 9.16. The monoisotopic (exact) mass is 458 g/mol. The molecule has 0 aliphatic carbocycles. The molecular formula is C17H23ClN6O5S. The molecule has 1 aliphatic heterocycles. The summed E-state index contributed by atoms with van der Waals surface area (Å²) in [4.78, 5) is 23.4. The zero-order valence-electron chi connectivity index (χ0n) is 15.9. The van der Waals surface area contributed by atoms with Crippen LogP contribution in [0.25, 0.3) is 11.2 Å². The molecule has 1 saturated heterocycles. The van der Waals surface area contributed by atoms with Crippen molar-refractivity contribution in [2.45, 2.75) is 37.0 Å². The Balaban J connectivity index is 1.71. The Morgan fingerprint density at radius 3 is 2.93 bits per heavy atom. The zero-order chi connectivity index (χ0) is 21.8. The fourth-order valence-electron chi connectivity index (χ4n) is 3.00. The first-order valence-corrected chi connectivity index (χ1v) is 10.7. The third-order valence-electron chi connectivity index (χ3n) is 4.59. The molecule has 0 bridgehead atoms. The second-order valence-corrected chi connectivity index (χ2v) is 8.18. The SMILES string of the molecule is C=CCNc1nc(Cl)nc2c1ncn2[C@@H]1O[C@H](CSCCC(N)C(=O)O)[C@@H](O)[C@H]1O. The highest BCUT2D eigenvalue weighted by molar-refractivity contribution is 7.99. The van der Waals surface area contributed by atoms with Crippen LogP contribution in [0.2, 0.25) is 5.28 Å². The summed E-state index contributed by atoms with van der Waals surface area (Å²) in [5, 5.41) is 32.7. The number of aliphatic carboxylic acids is 1. The Morgan fingerprint density at radius 1 is 1.47 bits per heavy atom. The van der Waals surface area contributed by atoms with Gasteiger partial charge in [-0.15, -0.1) is 6.58 Å². The van der Waals surface area contributed by atoms with E-state index in [-0.39, 0.29) is 11.7 Å². The summed E-state index contributed by atoms with van der Waals surface area (Å²) in [7, 11) is 0. The predicted molar refractivity (Wildman–Crippen MR) is 112 cm³/mol. The van der Waals surface area contributed by atoms with Gasteiger partial charge in [0.05, 0.1) is 12.4 Å². The van der Waals surface area contributed by atoms with Crippen LogP contribution in [-0.2, 0) is 9.53 Å². The lowest BCUT2D eigenvalue weighted by Gasteiger charge is -2.16.